The molecule has 0 bridgehead atoms. The average molecular weight is 441 g/mol. The number of nitrogens with one attached hydrogen (secondary N) is 3. The highest BCUT2D eigenvalue weighted by molar-refractivity contribution is 5.95. The number of carbonyl (C=O) groups excluding carboxylic acids is 2. The van der Waals surface area contributed by atoms with E-state index in [-0.39, 0.29) is 18.1 Å². The summed E-state index contributed by atoms with van der Waals surface area (Å²) in [6.07, 6.45) is 0.721. The predicted molar refractivity (Wildman–Crippen MR) is 120 cm³/mol. The van der Waals surface area contributed by atoms with Crippen LogP contribution in [-0.2, 0) is 14.2 Å². The number of nitrogens with zero attached hydrogens (tertiary/aromatic N) is 2. The molecule has 2 heterocycles. The van der Waals surface area contributed by atoms with Crippen molar-refractivity contribution in [3.05, 3.63) is 42.1 Å². The monoisotopic (exact) mass is 441 g/mol. The highest BCUT2D eigenvalue weighted by atomic mass is 16.6. The van der Waals surface area contributed by atoms with Crippen LogP contribution < -0.4 is 10.6 Å². The largest absolute Gasteiger partial charge is 0.447 e. The lowest BCUT2D eigenvalue weighted by Gasteiger charge is -2.17. The molecule has 0 aliphatic carbocycles. The van der Waals surface area contributed by atoms with Crippen LogP contribution in [0.15, 0.2) is 36.5 Å². The number of fused-ring (bicyclic) bond motifs is 1. The van der Waals surface area contributed by atoms with Crippen molar-refractivity contribution in [2.45, 2.75) is 26.0 Å². The van der Waals surface area contributed by atoms with Gasteiger partial charge in [0.2, 0.25) is 0 Å². The molecule has 0 radical (unpaired) electrons. The van der Waals surface area contributed by atoms with Gasteiger partial charge in [0.25, 0.3) is 5.91 Å². The summed E-state index contributed by atoms with van der Waals surface area (Å²) in [6.45, 7) is 4.23. The van der Waals surface area contributed by atoms with Gasteiger partial charge in [-0.1, -0.05) is 12.1 Å². The van der Waals surface area contributed by atoms with E-state index in [9.17, 15) is 9.59 Å². The van der Waals surface area contributed by atoms with Crippen LogP contribution in [0.1, 0.15) is 24.2 Å². The number of hydrogen-bond donors (Lipinski definition) is 3. The summed E-state index contributed by atoms with van der Waals surface area (Å²) in [4.78, 5) is 36.4. The van der Waals surface area contributed by atoms with Crippen LogP contribution in [0.2, 0.25) is 0 Å². The van der Waals surface area contributed by atoms with E-state index in [0.717, 1.165) is 5.56 Å². The first-order chi connectivity index (χ1) is 15.4. The number of rotatable bonds is 9. The number of anilines is 1. The first kappa shape index (κ1) is 23.2. The number of aromatic amines is 1. The van der Waals surface area contributed by atoms with Gasteiger partial charge < -0.3 is 24.5 Å². The second-order valence-electron chi connectivity index (χ2n) is 7.42. The summed E-state index contributed by atoms with van der Waals surface area (Å²) in [5, 5.41) is 5.53. The quantitative estimate of drug-likeness (QED) is 0.466. The summed E-state index contributed by atoms with van der Waals surface area (Å²) in [5.41, 5.74) is 2.80. The third kappa shape index (κ3) is 6.02. The fraction of sp³-hybridized carbons (Fsp3) is 0.364. The minimum absolute atomic E-state index is 0.228. The van der Waals surface area contributed by atoms with E-state index in [1.807, 2.05) is 6.07 Å². The van der Waals surface area contributed by atoms with E-state index >= 15 is 0 Å². The fourth-order valence-corrected chi connectivity index (χ4v) is 3.08. The Kier molecular flexibility index (Phi) is 7.74. The number of pyridine rings is 1. The summed E-state index contributed by atoms with van der Waals surface area (Å²) in [6, 6.07) is 8.54. The van der Waals surface area contributed by atoms with Gasteiger partial charge in [-0.25, -0.2) is 14.8 Å². The minimum atomic E-state index is -0.556. The SMILES string of the molecule is COCC(COC)NC(=O)c1cccc(-c2nc3ncc(NC(=O)OC(C)C)cc3[nH]2)c1. The van der Waals surface area contributed by atoms with Gasteiger partial charge in [-0.2, -0.15) is 0 Å². The Morgan fingerprint density at radius 1 is 1.12 bits per heavy atom. The Hall–Kier alpha value is -3.50. The molecule has 3 rings (SSSR count). The number of ether oxygens (including phenoxy) is 3. The van der Waals surface area contributed by atoms with Crippen LogP contribution in [0.4, 0.5) is 10.5 Å². The van der Waals surface area contributed by atoms with Crippen LogP contribution in [0.5, 0.6) is 0 Å². The fourth-order valence-electron chi connectivity index (χ4n) is 3.08. The van der Waals surface area contributed by atoms with Crippen LogP contribution in [-0.4, -0.2) is 66.5 Å². The van der Waals surface area contributed by atoms with Gasteiger partial charge in [0.1, 0.15) is 5.82 Å². The normalized spacial score (nSPS) is 11.2. The van der Waals surface area contributed by atoms with Crippen LogP contribution >= 0.6 is 0 Å². The molecule has 0 saturated heterocycles. The van der Waals surface area contributed by atoms with E-state index in [1.54, 1.807) is 52.3 Å². The second kappa shape index (κ2) is 10.7. The molecule has 1 aromatic carbocycles. The Bertz CT molecular complexity index is 1080. The number of benzene rings is 1. The van der Waals surface area contributed by atoms with Gasteiger partial charge in [-0.15, -0.1) is 0 Å². The van der Waals surface area contributed by atoms with Gasteiger partial charge in [-0.05, 0) is 32.0 Å². The van der Waals surface area contributed by atoms with Crippen LogP contribution in [0.25, 0.3) is 22.6 Å². The van der Waals surface area contributed by atoms with Gasteiger partial charge in [0, 0.05) is 25.3 Å². The van der Waals surface area contributed by atoms with Gasteiger partial charge >= 0.3 is 6.09 Å². The number of methoxy groups -OCH3 is 2. The zero-order valence-corrected chi connectivity index (χ0v) is 18.5. The molecule has 2 aromatic heterocycles. The highest BCUT2D eigenvalue weighted by Gasteiger charge is 2.15. The minimum Gasteiger partial charge on any atom is -0.447 e. The Labute approximate surface area is 185 Å². The lowest BCUT2D eigenvalue weighted by Crippen LogP contribution is -2.41. The Balaban J connectivity index is 1.78. The van der Waals surface area contributed by atoms with E-state index in [2.05, 4.69) is 25.6 Å². The molecule has 2 amide bonds. The molecule has 0 atom stereocenters. The smallest absolute Gasteiger partial charge is 0.411 e. The number of amides is 2. The van der Waals surface area contributed by atoms with Gasteiger partial charge in [0.05, 0.1) is 42.8 Å². The number of imidazole rings is 1. The predicted octanol–water partition coefficient (Wildman–Crippen LogP) is 2.97. The molecule has 32 heavy (non-hydrogen) atoms. The molecule has 0 aliphatic rings. The molecule has 0 unspecified atom stereocenters. The third-order valence-corrected chi connectivity index (χ3v) is 4.40. The standard InChI is InChI=1S/C22H27N5O5/c1-13(2)32-22(29)25-16-9-18-20(23-10-16)27-19(26-18)14-6-5-7-15(8-14)21(28)24-17(11-30-3)12-31-4/h5-10,13,17H,11-12H2,1-4H3,(H,24,28)(H,25,29)(H,23,26,27). The van der Waals surface area contributed by atoms with Crippen molar-refractivity contribution in [1.29, 1.82) is 0 Å². The lowest BCUT2D eigenvalue weighted by molar-refractivity contribution is 0.0779. The van der Waals surface area contributed by atoms with Crippen molar-refractivity contribution in [3.8, 4) is 11.4 Å². The zero-order chi connectivity index (χ0) is 23.1. The number of carbonyl (C=O) groups is 2. The lowest BCUT2D eigenvalue weighted by atomic mass is 10.1. The Morgan fingerprint density at radius 3 is 2.56 bits per heavy atom. The van der Waals surface area contributed by atoms with Crippen molar-refractivity contribution in [3.63, 3.8) is 0 Å². The molecule has 0 spiro atoms. The van der Waals surface area contributed by atoms with E-state index in [0.29, 0.717) is 41.5 Å². The number of H-pyrrole nitrogens is 1. The summed E-state index contributed by atoms with van der Waals surface area (Å²) < 4.78 is 15.3. The van der Waals surface area contributed by atoms with Gasteiger partial charge in [-0.3, -0.25) is 10.1 Å². The van der Waals surface area contributed by atoms with Crippen molar-refractivity contribution < 1.29 is 23.8 Å². The molecule has 10 heteroatoms. The van der Waals surface area contributed by atoms with E-state index < -0.39 is 6.09 Å². The maximum Gasteiger partial charge on any atom is 0.411 e. The average Bonchev–Trinajstić information content (AvgIpc) is 3.17. The molecular formula is C22H27N5O5. The molecule has 3 N–H and O–H groups in total. The maximum absolute atomic E-state index is 12.7. The zero-order valence-electron chi connectivity index (χ0n) is 18.5. The number of hydrogen-bond acceptors (Lipinski definition) is 7. The molecular weight excluding hydrogens is 414 g/mol. The first-order valence-corrected chi connectivity index (χ1v) is 10.1. The summed E-state index contributed by atoms with van der Waals surface area (Å²) >= 11 is 0. The molecule has 0 saturated carbocycles. The van der Waals surface area contributed by atoms with Crippen molar-refractivity contribution in [2.75, 3.05) is 32.8 Å². The topological polar surface area (TPSA) is 127 Å². The third-order valence-electron chi connectivity index (χ3n) is 4.40. The maximum atomic E-state index is 12.7. The number of aromatic nitrogens is 3. The molecule has 3 aromatic rings. The highest BCUT2D eigenvalue weighted by Crippen LogP contribution is 2.22. The van der Waals surface area contributed by atoms with Crippen LogP contribution in [0.3, 0.4) is 0 Å². The first-order valence-electron chi connectivity index (χ1n) is 10.1. The van der Waals surface area contributed by atoms with Crippen molar-refractivity contribution >= 4 is 28.9 Å². The van der Waals surface area contributed by atoms with Crippen molar-refractivity contribution in [2.24, 2.45) is 0 Å². The molecule has 0 aliphatic heterocycles. The molecule has 10 nitrogen and oxygen atoms in total. The van der Waals surface area contributed by atoms with Gasteiger partial charge in [0.15, 0.2) is 5.65 Å². The Morgan fingerprint density at radius 2 is 1.88 bits per heavy atom. The van der Waals surface area contributed by atoms with E-state index in [4.69, 9.17) is 14.2 Å². The summed E-state index contributed by atoms with van der Waals surface area (Å²) in [5.74, 6) is 0.310. The van der Waals surface area contributed by atoms with E-state index in [1.165, 1.54) is 6.20 Å². The molecule has 170 valence electrons. The van der Waals surface area contributed by atoms with Crippen LogP contribution in [0, 0.1) is 0 Å². The molecule has 0 fully saturated rings. The summed E-state index contributed by atoms with van der Waals surface area (Å²) in [7, 11) is 3.14. The van der Waals surface area contributed by atoms with Crippen molar-refractivity contribution in [1.82, 2.24) is 20.3 Å². The second-order valence-corrected chi connectivity index (χ2v) is 7.42.